The van der Waals surface area contributed by atoms with Gasteiger partial charge in [0.15, 0.2) is 11.6 Å². The Hall–Kier alpha value is -1.20. The second-order valence-electron chi connectivity index (χ2n) is 3.02. The van der Waals surface area contributed by atoms with Crippen molar-refractivity contribution in [2.45, 2.75) is 6.54 Å². The second-order valence-corrected chi connectivity index (χ2v) is 3.02. The van der Waals surface area contributed by atoms with Gasteiger partial charge < -0.3 is 15.8 Å². The Morgan fingerprint density at radius 2 is 2.07 bits per heavy atom. The lowest BCUT2D eigenvalue weighted by Crippen LogP contribution is -2.11. The van der Waals surface area contributed by atoms with Gasteiger partial charge in [0, 0.05) is 25.8 Å². The number of methoxy groups -OCH3 is 1. The standard InChI is InChI=1S/C10H14F2N2O/c1-15-5-4-14-8-3-2-7(6-13)9(11)10(8)12/h2-3,14H,4-6,13H2,1H3. The molecule has 0 aliphatic carbocycles. The minimum Gasteiger partial charge on any atom is -0.383 e. The van der Waals surface area contributed by atoms with Crippen LogP contribution in [0.4, 0.5) is 14.5 Å². The predicted octanol–water partition coefficient (Wildman–Crippen LogP) is 1.48. The number of halogens is 2. The fourth-order valence-electron chi connectivity index (χ4n) is 1.17. The van der Waals surface area contributed by atoms with Crippen LogP contribution in [0.1, 0.15) is 5.56 Å². The van der Waals surface area contributed by atoms with Crippen LogP contribution in [0.15, 0.2) is 12.1 Å². The summed E-state index contributed by atoms with van der Waals surface area (Å²) in [7, 11) is 1.54. The average molecular weight is 216 g/mol. The first-order valence-electron chi connectivity index (χ1n) is 4.60. The van der Waals surface area contributed by atoms with Crippen molar-refractivity contribution < 1.29 is 13.5 Å². The van der Waals surface area contributed by atoms with Crippen molar-refractivity contribution in [2.24, 2.45) is 5.73 Å². The molecule has 0 saturated heterocycles. The minimum atomic E-state index is -0.894. The Balaban J connectivity index is 2.77. The fourth-order valence-corrected chi connectivity index (χ4v) is 1.17. The van der Waals surface area contributed by atoms with Crippen molar-refractivity contribution in [1.82, 2.24) is 0 Å². The molecule has 1 aromatic rings. The van der Waals surface area contributed by atoms with Crippen LogP contribution in [-0.2, 0) is 11.3 Å². The lowest BCUT2D eigenvalue weighted by atomic mass is 10.2. The Bertz CT molecular complexity index is 331. The van der Waals surface area contributed by atoms with Crippen LogP contribution in [0.2, 0.25) is 0 Å². The van der Waals surface area contributed by atoms with Crippen molar-refractivity contribution in [1.29, 1.82) is 0 Å². The zero-order valence-corrected chi connectivity index (χ0v) is 8.52. The molecule has 5 heteroatoms. The molecule has 1 aromatic carbocycles. The molecule has 0 bridgehead atoms. The number of benzene rings is 1. The lowest BCUT2D eigenvalue weighted by molar-refractivity contribution is 0.210. The maximum Gasteiger partial charge on any atom is 0.182 e. The van der Waals surface area contributed by atoms with Crippen LogP contribution in [0, 0.1) is 11.6 Å². The summed E-state index contributed by atoms with van der Waals surface area (Å²) in [5.41, 5.74) is 5.54. The maximum absolute atomic E-state index is 13.3. The third-order valence-electron chi connectivity index (χ3n) is 2.00. The van der Waals surface area contributed by atoms with Gasteiger partial charge in [-0.1, -0.05) is 6.07 Å². The second kappa shape index (κ2) is 5.63. The summed E-state index contributed by atoms with van der Waals surface area (Å²) < 4.78 is 31.4. The van der Waals surface area contributed by atoms with Gasteiger partial charge in [-0.05, 0) is 6.07 Å². The van der Waals surface area contributed by atoms with Gasteiger partial charge in [-0.15, -0.1) is 0 Å². The monoisotopic (exact) mass is 216 g/mol. The molecule has 0 unspecified atom stereocenters. The molecular weight excluding hydrogens is 202 g/mol. The summed E-state index contributed by atoms with van der Waals surface area (Å²) in [6, 6.07) is 2.93. The Morgan fingerprint density at radius 3 is 2.67 bits per heavy atom. The predicted molar refractivity (Wildman–Crippen MR) is 54.6 cm³/mol. The summed E-state index contributed by atoms with van der Waals surface area (Å²) in [6.45, 7) is 0.843. The van der Waals surface area contributed by atoms with E-state index in [1.807, 2.05) is 0 Å². The van der Waals surface area contributed by atoms with E-state index in [9.17, 15) is 8.78 Å². The highest BCUT2D eigenvalue weighted by molar-refractivity contribution is 5.47. The molecule has 3 nitrogen and oxygen atoms in total. The van der Waals surface area contributed by atoms with Crippen LogP contribution in [-0.4, -0.2) is 20.3 Å². The first kappa shape index (κ1) is 11.9. The summed E-state index contributed by atoms with van der Waals surface area (Å²) >= 11 is 0. The van der Waals surface area contributed by atoms with Crippen LogP contribution in [0.25, 0.3) is 0 Å². The van der Waals surface area contributed by atoms with E-state index in [0.717, 1.165) is 0 Å². The number of anilines is 1. The largest absolute Gasteiger partial charge is 0.383 e. The quantitative estimate of drug-likeness (QED) is 0.733. The van der Waals surface area contributed by atoms with Crippen LogP contribution >= 0.6 is 0 Å². The summed E-state index contributed by atoms with van der Waals surface area (Å²) in [5, 5.41) is 2.73. The summed E-state index contributed by atoms with van der Waals surface area (Å²) in [6.07, 6.45) is 0. The Labute approximate surface area is 87.2 Å². The van der Waals surface area contributed by atoms with E-state index < -0.39 is 11.6 Å². The number of hydrogen-bond acceptors (Lipinski definition) is 3. The van der Waals surface area contributed by atoms with Crippen LogP contribution in [0.5, 0.6) is 0 Å². The highest BCUT2D eigenvalue weighted by Crippen LogP contribution is 2.19. The third kappa shape index (κ3) is 2.87. The molecule has 84 valence electrons. The zero-order valence-electron chi connectivity index (χ0n) is 8.52. The third-order valence-corrected chi connectivity index (χ3v) is 2.00. The molecule has 3 N–H and O–H groups in total. The molecule has 0 fully saturated rings. The first-order valence-corrected chi connectivity index (χ1v) is 4.60. The zero-order chi connectivity index (χ0) is 11.3. The van der Waals surface area contributed by atoms with Gasteiger partial charge in [-0.3, -0.25) is 0 Å². The molecule has 0 spiro atoms. The average Bonchev–Trinajstić information content (AvgIpc) is 2.25. The van der Waals surface area contributed by atoms with E-state index in [2.05, 4.69) is 5.32 Å². The number of nitrogens with two attached hydrogens (primary N) is 1. The Kier molecular flexibility index (Phi) is 4.45. The van der Waals surface area contributed by atoms with Gasteiger partial charge in [0.05, 0.1) is 12.3 Å². The minimum absolute atomic E-state index is 0.0128. The molecule has 15 heavy (non-hydrogen) atoms. The SMILES string of the molecule is COCCNc1ccc(CN)c(F)c1F. The van der Waals surface area contributed by atoms with Gasteiger partial charge in [-0.25, -0.2) is 8.78 Å². The van der Waals surface area contributed by atoms with E-state index in [1.54, 1.807) is 0 Å². The number of rotatable bonds is 5. The van der Waals surface area contributed by atoms with Crippen LogP contribution < -0.4 is 11.1 Å². The number of hydrogen-bond donors (Lipinski definition) is 2. The molecule has 1 rings (SSSR count). The number of ether oxygens (including phenoxy) is 1. The molecule has 0 heterocycles. The molecular formula is C10H14F2N2O. The van der Waals surface area contributed by atoms with E-state index in [1.165, 1.54) is 19.2 Å². The van der Waals surface area contributed by atoms with Crippen molar-refractivity contribution in [3.05, 3.63) is 29.3 Å². The smallest absolute Gasteiger partial charge is 0.182 e. The first-order chi connectivity index (χ1) is 7.20. The normalized spacial score (nSPS) is 10.4. The van der Waals surface area contributed by atoms with E-state index in [-0.39, 0.29) is 17.8 Å². The molecule has 0 atom stereocenters. The van der Waals surface area contributed by atoms with Crippen molar-refractivity contribution in [3.8, 4) is 0 Å². The molecule has 0 saturated carbocycles. The fraction of sp³-hybridized carbons (Fsp3) is 0.400. The molecule has 0 aliphatic heterocycles. The van der Waals surface area contributed by atoms with Crippen molar-refractivity contribution in [3.63, 3.8) is 0 Å². The van der Waals surface area contributed by atoms with E-state index >= 15 is 0 Å². The van der Waals surface area contributed by atoms with Gasteiger partial charge in [-0.2, -0.15) is 0 Å². The lowest BCUT2D eigenvalue weighted by Gasteiger charge is -2.09. The number of nitrogens with one attached hydrogen (secondary N) is 1. The van der Waals surface area contributed by atoms with Gasteiger partial charge in [0.1, 0.15) is 0 Å². The van der Waals surface area contributed by atoms with E-state index in [4.69, 9.17) is 10.5 Å². The molecule has 0 aliphatic rings. The van der Waals surface area contributed by atoms with Gasteiger partial charge >= 0.3 is 0 Å². The summed E-state index contributed by atoms with van der Waals surface area (Å²) in [5.74, 6) is -1.78. The molecule has 0 amide bonds. The Morgan fingerprint density at radius 1 is 1.33 bits per heavy atom. The van der Waals surface area contributed by atoms with Crippen LogP contribution in [0.3, 0.4) is 0 Å². The molecule has 0 radical (unpaired) electrons. The summed E-state index contributed by atoms with van der Waals surface area (Å²) in [4.78, 5) is 0. The van der Waals surface area contributed by atoms with Gasteiger partial charge in [0.25, 0.3) is 0 Å². The van der Waals surface area contributed by atoms with Gasteiger partial charge in [0.2, 0.25) is 0 Å². The maximum atomic E-state index is 13.3. The van der Waals surface area contributed by atoms with E-state index in [0.29, 0.717) is 13.2 Å². The highest BCUT2D eigenvalue weighted by atomic mass is 19.2. The van der Waals surface area contributed by atoms with Crippen molar-refractivity contribution >= 4 is 5.69 Å². The topological polar surface area (TPSA) is 47.3 Å². The van der Waals surface area contributed by atoms with Crippen molar-refractivity contribution in [2.75, 3.05) is 25.6 Å². The molecule has 0 aromatic heterocycles. The highest BCUT2D eigenvalue weighted by Gasteiger charge is 2.11.